The zero-order valence-corrected chi connectivity index (χ0v) is 13.0. The lowest BCUT2D eigenvalue weighted by Gasteiger charge is -2.11. The number of hydrogen-bond donors (Lipinski definition) is 1. The maximum Gasteiger partial charge on any atom is 0.0410 e. The van der Waals surface area contributed by atoms with Gasteiger partial charge >= 0.3 is 0 Å². The number of rotatable bonds is 4. The second-order valence-corrected chi connectivity index (χ2v) is 6.17. The summed E-state index contributed by atoms with van der Waals surface area (Å²) in [5, 5.41) is 3.98. The van der Waals surface area contributed by atoms with Crippen LogP contribution in [-0.4, -0.2) is 7.05 Å². The zero-order valence-electron chi connectivity index (χ0n) is 11.5. The van der Waals surface area contributed by atoms with Gasteiger partial charge in [-0.05, 0) is 56.3 Å². The minimum Gasteiger partial charge on any atom is -0.316 e. The maximum absolute atomic E-state index is 6.07. The lowest BCUT2D eigenvalue weighted by Crippen LogP contribution is -2.06. The molecule has 1 N–H and O–H groups in total. The third kappa shape index (κ3) is 3.75. The Morgan fingerprint density at radius 2 is 1.79 bits per heavy atom. The summed E-state index contributed by atoms with van der Waals surface area (Å²) in [6, 6.07) is 12.6. The summed E-state index contributed by atoms with van der Waals surface area (Å²) in [5.74, 6) is 0. The van der Waals surface area contributed by atoms with Crippen molar-refractivity contribution in [2.24, 2.45) is 0 Å². The van der Waals surface area contributed by atoms with Crippen LogP contribution in [0.4, 0.5) is 0 Å². The lowest BCUT2D eigenvalue weighted by molar-refractivity contribution is 0.803. The molecule has 0 aliphatic carbocycles. The van der Waals surface area contributed by atoms with E-state index in [0.717, 1.165) is 11.6 Å². The molecule has 3 heteroatoms. The van der Waals surface area contributed by atoms with Crippen LogP contribution in [0.2, 0.25) is 5.02 Å². The fourth-order valence-electron chi connectivity index (χ4n) is 2.01. The summed E-state index contributed by atoms with van der Waals surface area (Å²) in [5.41, 5.74) is 3.85. The Kier molecular flexibility index (Phi) is 4.92. The van der Waals surface area contributed by atoms with Gasteiger partial charge in [0.15, 0.2) is 0 Å². The van der Waals surface area contributed by atoms with Crippen molar-refractivity contribution in [3.05, 3.63) is 58.1 Å². The molecule has 0 fully saturated rings. The van der Waals surface area contributed by atoms with Crippen molar-refractivity contribution in [1.82, 2.24) is 5.32 Å². The Hall–Kier alpha value is -0.960. The van der Waals surface area contributed by atoms with Crippen molar-refractivity contribution in [3.8, 4) is 0 Å². The van der Waals surface area contributed by atoms with E-state index in [1.807, 2.05) is 19.2 Å². The molecule has 0 heterocycles. The van der Waals surface area contributed by atoms with E-state index in [1.165, 1.54) is 26.5 Å². The standard InChI is InChI=1S/C16H18ClNS/c1-11-4-6-15(12(2)8-11)19-16-7-5-14(17)9-13(16)10-18-3/h4-9,18H,10H2,1-3H3. The number of aryl methyl sites for hydroxylation is 2. The van der Waals surface area contributed by atoms with E-state index in [0.29, 0.717) is 0 Å². The van der Waals surface area contributed by atoms with Crippen molar-refractivity contribution in [2.75, 3.05) is 7.05 Å². The van der Waals surface area contributed by atoms with Gasteiger partial charge in [-0.1, -0.05) is 41.1 Å². The van der Waals surface area contributed by atoms with Gasteiger partial charge in [-0.15, -0.1) is 0 Å². The second-order valence-electron chi connectivity index (χ2n) is 4.65. The van der Waals surface area contributed by atoms with E-state index in [-0.39, 0.29) is 0 Å². The van der Waals surface area contributed by atoms with Gasteiger partial charge in [0.25, 0.3) is 0 Å². The Bertz CT molecular complexity index is 581. The third-order valence-corrected chi connectivity index (χ3v) is 4.47. The van der Waals surface area contributed by atoms with Gasteiger partial charge in [-0.2, -0.15) is 0 Å². The molecule has 0 spiro atoms. The molecule has 0 amide bonds. The third-order valence-electron chi connectivity index (χ3n) is 2.94. The Balaban J connectivity index is 2.32. The largest absolute Gasteiger partial charge is 0.316 e. The Labute approximate surface area is 124 Å². The van der Waals surface area contributed by atoms with Crippen LogP contribution in [-0.2, 0) is 6.54 Å². The van der Waals surface area contributed by atoms with Crippen LogP contribution in [0.3, 0.4) is 0 Å². The molecule has 0 saturated carbocycles. The van der Waals surface area contributed by atoms with Gasteiger partial charge in [0.1, 0.15) is 0 Å². The minimum atomic E-state index is 0.787. The van der Waals surface area contributed by atoms with Crippen molar-refractivity contribution in [1.29, 1.82) is 0 Å². The molecule has 0 aromatic heterocycles. The molecule has 2 aromatic rings. The predicted octanol–water partition coefficient (Wildman–Crippen LogP) is 4.83. The fraction of sp³-hybridized carbons (Fsp3) is 0.250. The molecule has 0 aliphatic heterocycles. The van der Waals surface area contributed by atoms with Crippen LogP contribution in [0.5, 0.6) is 0 Å². The average molecular weight is 292 g/mol. The van der Waals surface area contributed by atoms with Crippen molar-refractivity contribution >= 4 is 23.4 Å². The normalized spacial score (nSPS) is 10.7. The molecule has 0 radical (unpaired) electrons. The summed E-state index contributed by atoms with van der Waals surface area (Å²) in [6.45, 7) is 5.10. The number of hydrogen-bond acceptors (Lipinski definition) is 2. The number of nitrogens with one attached hydrogen (secondary N) is 1. The molecule has 0 bridgehead atoms. The van der Waals surface area contributed by atoms with E-state index in [1.54, 1.807) is 11.8 Å². The SMILES string of the molecule is CNCc1cc(Cl)ccc1Sc1ccc(C)cc1C. The van der Waals surface area contributed by atoms with Crippen LogP contribution in [0.15, 0.2) is 46.2 Å². The topological polar surface area (TPSA) is 12.0 Å². The maximum atomic E-state index is 6.07. The predicted molar refractivity (Wildman–Crippen MR) is 84.3 cm³/mol. The summed E-state index contributed by atoms with van der Waals surface area (Å²) >= 11 is 7.87. The van der Waals surface area contributed by atoms with Crippen LogP contribution in [0.1, 0.15) is 16.7 Å². The minimum absolute atomic E-state index is 0.787. The lowest BCUT2D eigenvalue weighted by atomic mass is 10.2. The molecule has 0 aliphatic rings. The van der Waals surface area contributed by atoms with Gasteiger partial charge in [0, 0.05) is 21.4 Å². The molecule has 2 rings (SSSR count). The highest BCUT2D eigenvalue weighted by Crippen LogP contribution is 2.34. The molecular weight excluding hydrogens is 274 g/mol. The van der Waals surface area contributed by atoms with Crippen LogP contribution < -0.4 is 5.32 Å². The van der Waals surface area contributed by atoms with E-state index in [4.69, 9.17) is 11.6 Å². The van der Waals surface area contributed by atoms with Crippen LogP contribution in [0, 0.1) is 13.8 Å². The van der Waals surface area contributed by atoms with Crippen molar-refractivity contribution in [2.45, 2.75) is 30.2 Å². The van der Waals surface area contributed by atoms with Gasteiger partial charge in [-0.3, -0.25) is 0 Å². The van der Waals surface area contributed by atoms with Gasteiger partial charge in [0.2, 0.25) is 0 Å². The van der Waals surface area contributed by atoms with Crippen molar-refractivity contribution in [3.63, 3.8) is 0 Å². The first-order chi connectivity index (χ1) is 9.10. The number of halogens is 1. The molecular formula is C16H18ClNS. The summed E-state index contributed by atoms with van der Waals surface area (Å²) < 4.78 is 0. The first kappa shape index (κ1) is 14.4. The molecule has 2 aromatic carbocycles. The quantitative estimate of drug-likeness (QED) is 0.866. The van der Waals surface area contributed by atoms with E-state index >= 15 is 0 Å². The Morgan fingerprint density at radius 3 is 2.47 bits per heavy atom. The fourth-order valence-corrected chi connectivity index (χ4v) is 3.19. The van der Waals surface area contributed by atoms with E-state index in [9.17, 15) is 0 Å². The average Bonchev–Trinajstić information content (AvgIpc) is 2.36. The van der Waals surface area contributed by atoms with Gasteiger partial charge in [0.05, 0.1) is 0 Å². The van der Waals surface area contributed by atoms with Gasteiger partial charge < -0.3 is 5.32 Å². The van der Waals surface area contributed by atoms with Crippen LogP contribution in [0.25, 0.3) is 0 Å². The molecule has 0 atom stereocenters. The second kappa shape index (κ2) is 6.47. The van der Waals surface area contributed by atoms with Gasteiger partial charge in [-0.25, -0.2) is 0 Å². The summed E-state index contributed by atoms with van der Waals surface area (Å²) in [6.07, 6.45) is 0. The summed E-state index contributed by atoms with van der Waals surface area (Å²) in [7, 11) is 1.95. The zero-order chi connectivity index (χ0) is 13.8. The highest BCUT2D eigenvalue weighted by molar-refractivity contribution is 7.99. The highest BCUT2D eigenvalue weighted by atomic mass is 35.5. The molecule has 0 saturated heterocycles. The molecule has 0 unspecified atom stereocenters. The summed E-state index contributed by atoms with van der Waals surface area (Å²) in [4.78, 5) is 2.55. The van der Waals surface area contributed by atoms with E-state index in [2.05, 4.69) is 43.4 Å². The van der Waals surface area contributed by atoms with Crippen LogP contribution >= 0.6 is 23.4 Å². The van der Waals surface area contributed by atoms with Crippen molar-refractivity contribution < 1.29 is 0 Å². The smallest absolute Gasteiger partial charge is 0.0410 e. The first-order valence-corrected chi connectivity index (χ1v) is 7.47. The molecule has 100 valence electrons. The Morgan fingerprint density at radius 1 is 1.05 bits per heavy atom. The molecule has 19 heavy (non-hydrogen) atoms. The highest BCUT2D eigenvalue weighted by Gasteiger charge is 2.07. The first-order valence-electron chi connectivity index (χ1n) is 6.28. The monoisotopic (exact) mass is 291 g/mol. The van der Waals surface area contributed by atoms with E-state index < -0.39 is 0 Å². The molecule has 1 nitrogen and oxygen atoms in total. The number of benzene rings is 2.